The van der Waals surface area contributed by atoms with Gasteiger partial charge < -0.3 is 15.4 Å². The number of amides is 1. The quantitative estimate of drug-likeness (QED) is 0.797. The Morgan fingerprint density at radius 2 is 2.00 bits per heavy atom. The van der Waals surface area contributed by atoms with Crippen molar-refractivity contribution in [2.75, 3.05) is 18.4 Å². The zero-order valence-corrected chi connectivity index (χ0v) is 14.9. The number of hydrogen-bond donors (Lipinski definition) is 2. The summed E-state index contributed by atoms with van der Waals surface area (Å²) in [6.45, 7) is -1.40. The fourth-order valence-corrected chi connectivity index (χ4v) is 2.94. The number of hydrogen-bond acceptors (Lipinski definition) is 3. The van der Waals surface area contributed by atoms with Crippen LogP contribution in [0.1, 0.15) is 17.5 Å². The van der Waals surface area contributed by atoms with Crippen molar-refractivity contribution in [3.8, 4) is 5.75 Å². The number of halogens is 3. The summed E-state index contributed by atoms with van der Waals surface area (Å²) >= 11 is 0. The molecular formula is C19H21ClF2N2O2. The first kappa shape index (κ1) is 20.1. The lowest BCUT2D eigenvalue weighted by Gasteiger charge is -2.15. The van der Waals surface area contributed by atoms with E-state index in [1.54, 1.807) is 12.1 Å². The van der Waals surface area contributed by atoms with Crippen LogP contribution in [0.25, 0.3) is 0 Å². The first-order chi connectivity index (χ1) is 12.1. The molecule has 0 aromatic heterocycles. The molecule has 1 atom stereocenters. The third-order valence-electron chi connectivity index (χ3n) is 4.21. The number of nitrogens with one attached hydrogen (secondary N) is 2. The lowest BCUT2D eigenvalue weighted by molar-refractivity contribution is -0.119. The molecule has 1 aliphatic heterocycles. The fourth-order valence-electron chi connectivity index (χ4n) is 2.94. The number of rotatable bonds is 6. The Labute approximate surface area is 157 Å². The molecule has 1 heterocycles. The van der Waals surface area contributed by atoms with E-state index in [2.05, 4.69) is 15.4 Å². The van der Waals surface area contributed by atoms with Gasteiger partial charge >= 0.3 is 6.61 Å². The molecule has 4 nitrogen and oxygen atoms in total. The topological polar surface area (TPSA) is 50.4 Å². The van der Waals surface area contributed by atoms with Gasteiger partial charge in [0.1, 0.15) is 5.75 Å². The van der Waals surface area contributed by atoms with Crippen LogP contribution in [0.15, 0.2) is 48.5 Å². The van der Waals surface area contributed by atoms with Crippen LogP contribution in [0.5, 0.6) is 5.75 Å². The molecule has 1 fully saturated rings. The van der Waals surface area contributed by atoms with Crippen molar-refractivity contribution in [3.63, 3.8) is 0 Å². The largest absolute Gasteiger partial charge is 0.435 e. The number of ether oxygens (including phenoxy) is 1. The van der Waals surface area contributed by atoms with Gasteiger partial charge in [0.2, 0.25) is 5.91 Å². The standard InChI is InChI=1S/C19H20F2N2O2.ClH/c20-19(21)25-17-7-6-16(23-18(24)14-8-9-22-12-14)11-15(17)10-13-4-2-1-3-5-13;/h1-7,11,14,19,22H,8-10,12H2,(H,23,24);1H. The normalized spacial score (nSPS) is 16.2. The maximum absolute atomic E-state index is 12.7. The van der Waals surface area contributed by atoms with Crippen molar-refractivity contribution >= 4 is 24.0 Å². The SMILES string of the molecule is Cl.O=C(Nc1ccc(OC(F)F)c(Cc2ccccc2)c1)C1CCNC1. The molecule has 0 aliphatic carbocycles. The molecular weight excluding hydrogens is 362 g/mol. The van der Waals surface area contributed by atoms with Crippen molar-refractivity contribution in [1.82, 2.24) is 5.32 Å². The molecule has 3 rings (SSSR count). The van der Waals surface area contributed by atoms with Gasteiger partial charge in [0.05, 0.1) is 5.92 Å². The van der Waals surface area contributed by atoms with E-state index in [9.17, 15) is 13.6 Å². The summed E-state index contributed by atoms with van der Waals surface area (Å²) < 4.78 is 29.9. The predicted octanol–water partition coefficient (Wildman–Crippen LogP) is 3.85. The van der Waals surface area contributed by atoms with Crippen LogP contribution in [0.4, 0.5) is 14.5 Å². The smallest absolute Gasteiger partial charge is 0.387 e. The molecule has 140 valence electrons. The van der Waals surface area contributed by atoms with Gasteiger partial charge in [0, 0.05) is 24.2 Å². The molecule has 1 unspecified atom stereocenters. The molecule has 1 amide bonds. The van der Waals surface area contributed by atoms with E-state index in [0.29, 0.717) is 24.2 Å². The molecule has 2 aromatic rings. The minimum absolute atomic E-state index is 0. The van der Waals surface area contributed by atoms with Crippen LogP contribution < -0.4 is 15.4 Å². The second-order valence-corrected chi connectivity index (χ2v) is 6.04. The van der Waals surface area contributed by atoms with E-state index in [4.69, 9.17) is 0 Å². The van der Waals surface area contributed by atoms with Gasteiger partial charge in [0.25, 0.3) is 0 Å². The average molecular weight is 383 g/mol. The Hall–Kier alpha value is -2.18. The Balaban J connectivity index is 0.00000243. The second kappa shape index (κ2) is 9.50. The van der Waals surface area contributed by atoms with Gasteiger partial charge in [-0.2, -0.15) is 8.78 Å². The lowest BCUT2D eigenvalue weighted by atomic mass is 10.0. The van der Waals surface area contributed by atoms with Crippen molar-refractivity contribution in [3.05, 3.63) is 59.7 Å². The minimum Gasteiger partial charge on any atom is -0.435 e. The van der Waals surface area contributed by atoms with E-state index in [0.717, 1.165) is 18.5 Å². The van der Waals surface area contributed by atoms with Gasteiger partial charge in [-0.25, -0.2) is 0 Å². The summed E-state index contributed by atoms with van der Waals surface area (Å²) in [6, 6.07) is 14.3. The van der Waals surface area contributed by atoms with Crippen LogP contribution in [0, 0.1) is 5.92 Å². The summed E-state index contributed by atoms with van der Waals surface area (Å²) in [5, 5.41) is 6.02. The number of carbonyl (C=O) groups excluding carboxylic acids is 1. The van der Waals surface area contributed by atoms with Gasteiger partial charge in [-0.3, -0.25) is 4.79 Å². The molecule has 2 aromatic carbocycles. The van der Waals surface area contributed by atoms with Crippen molar-refractivity contribution in [2.45, 2.75) is 19.5 Å². The van der Waals surface area contributed by atoms with Crippen LogP contribution in [0.3, 0.4) is 0 Å². The van der Waals surface area contributed by atoms with Crippen molar-refractivity contribution in [1.29, 1.82) is 0 Å². The van der Waals surface area contributed by atoms with Crippen LogP contribution in [0.2, 0.25) is 0 Å². The van der Waals surface area contributed by atoms with E-state index in [1.807, 2.05) is 30.3 Å². The van der Waals surface area contributed by atoms with Gasteiger partial charge in [-0.1, -0.05) is 30.3 Å². The maximum atomic E-state index is 12.7. The number of anilines is 1. The number of carbonyl (C=O) groups is 1. The molecule has 7 heteroatoms. The third kappa shape index (κ3) is 5.41. The molecule has 0 radical (unpaired) electrons. The molecule has 1 aliphatic rings. The summed E-state index contributed by atoms with van der Waals surface area (Å²) in [6.07, 6.45) is 1.24. The van der Waals surface area contributed by atoms with Crippen molar-refractivity contribution in [2.24, 2.45) is 5.92 Å². The second-order valence-electron chi connectivity index (χ2n) is 6.04. The summed E-state index contributed by atoms with van der Waals surface area (Å²) in [5.41, 5.74) is 2.17. The monoisotopic (exact) mass is 382 g/mol. The highest BCUT2D eigenvalue weighted by molar-refractivity contribution is 5.93. The summed E-state index contributed by atoms with van der Waals surface area (Å²) in [5.74, 6) is 0.00661. The minimum atomic E-state index is -2.89. The Morgan fingerprint density at radius 3 is 2.65 bits per heavy atom. The summed E-state index contributed by atoms with van der Waals surface area (Å²) in [4.78, 5) is 12.2. The predicted molar refractivity (Wildman–Crippen MR) is 99.2 cm³/mol. The third-order valence-corrected chi connectivity index (χ3v) is 4.21. The lowest BCUT2D eigenvalue weighted by Crippen LogP contribution is -2.24. The van der Waals surface area contributed by atoms with Gasteiger partial charge in [0.15, 0.2) is 0 Å². The highest BCUT2D eigenvalue weighted by Crippen LogP contribution is 2.27. The molecule has 2 N–H and O–H groups in total. The van der Waals surface area contributed by atoms with E-state index < -0.39 is 6.61 Å². The van der Waals surface area contributed by atoms with Crippen LogP contribution >= 0.6 is 12.4 Å². The van der Waals surface area contributed by atoms with Crippen molar-refractivity contribution < 1.29 is 18.3 Å². The molecule has 0 spiro atoms. The molecule has 1 saturated heterocycles. The van der Waals surface area contributed by atoms with E-state index in [1.165, 1.54) is 6.07 Å². The maximum Gasteiger partial charge on any atom is 0.387 e. The molecule has 0 bridgehead atoms. The van der Waals surface area contributed by atoms with E-state index >= 15 is 0 Å². The molecule has 26 heavy (non-hydrogen) atoms. The fraction of sp³-hybridized carbons (Fsp3) is 0.316. The average Bonchev–Trinajstić information content (AvgIpc) is 3.12. The highest BCUT2D eigenvalue weighted by atomic mass is 35.5. The Bertz CT molecular complexity index is 723. The van der Waals surface area contributed by atoms with Gasteiger partial charge in [-0.15, -0.1) is 12.4 Å². The first-order valence-corrected chi connectivity index (χ1v) is 8.25. The number of alkyl halides is 2. The highest BCUT2D eigenvalue weighted by Gasteiger charge is 2.22. The zero-order chi connectivity index (χ0) is 17.6. The number of benzene rings is 2. The Kier molecular flexibility index (Phi) is 7.36. The zero-order valence-electron chi connectivity index (χ0n) is 14.1. The van der Waals surface area contributed by atoms with E-state index in [-0.39, 0.29) is 30.0 Å². The van der Waals surface area contributed by atoms with Gasteiger partial charge in [-0.05, 0) is 36.7 Å². The Morgan fingerprint density at radius 1 is 1.23 bits per heavy atom. The summed E-state index contributed by atoms with van der Waals surface area (Å²) in [7, 11) is 0. The first-order valence-electron chi connectivity index (χ1n) is 8.25. The van der Waals surface area contributed by atoms with Crippen LogP contribution in [-0.4, -0.2) is 25.6 Å². The molecule has 0 saturated carbocycles. The van der Waals surface area contributed by atoms with Crippen LogP contribution in [-0.2, 0) is 11.2 Å².